The largest absolute Gasteiger partial charge is 0.465 e. The SMILES string of the molecule is COC(=O)c1c(NC(=O)CN2CCN(C(C)c3nc(-c4ccc(C)cc4)no3)CC2)sc(C)c1C. The van der Waals surface area contributed by atoms with Gasteiger partial charge >= 0.3 is 5.97 Å². The Morgan fingerprint density at radius 2 is 1.83 bits per heavy atom. The molecule has 3 heterocycles. The van der Waals surface area contributed by atoms with Gasteiger partial charge in [-0.15, -0.1) is 11.3 Å². The monoisotopic (exact) mass is 497 g/mol. The highest BCUT2D eigenvalue weighted by atomic mass is 32.1. The number of hydrogen-bond donors (Lipinski definition) is 1. The molecule has 1 N–H and O–H groups in total. The molecule has 1 unspecified atom stereocenters. The molecule has 1 aromatic carbocycles. The van der Waals surface area contributed by atoms with Crippen LogP contribution < -0.4 is 5.32 Å². The van der Waals surface area contributed by atoms with Gasteiger partial charge in [0.25, 0.3) is 0 Å². The topological polar surface area (TPSA) is 101 Å². The lowest BCUT2D eigenvalue weighted by molar-refractivity contribution is -0.117. The van der Waals surface area contributed by atoms with Gasteiger partial charge in [0.2, 0.25) is 17.6 Å². The minimum absolute atomic E-state index is 0.0163. The molecule has 3 aromatic rings. The predicted molar refractivity (Wildman–Crippen MR) is 135 cm³/mol. The van der Waals surface area contributed by atoms with Crippen molar-refractivity contribution in [3.05, 3.63) is 51.7 Å². The molecule has 0 bridgehead atoms. The lowest BCUT2D eigenvalue weighted by Gasteiger charge is -2.36. The van der Waals surface area contributed by atoms with Crippen LogP contribution in [0, 0.1) is 20.8 Å². The van der Waals surface area contributed by atoms with Crippen molar-refractivity contribution in [3.8, 4) is 11.4 Å². The first-order chi connectivity index (χ1) is 16.8. The highest BCUT2D eigenvalue weighted by molar-refractivity contribution is 7.16. The van der Waals surface area contributed by atoms with Crippen molar-refractivity contribution in [1.82, 2.24) is 19.9 Å². The van der Waals surface area contributed by atoms with Crippen LogP contribution in [0.25, 0.3) is 11.4 Å². The normalized spacial score (nSPS) is 15.7. The van der Waals surface area contributed by atoms with Crippen LogP contribution in [0.3, 0.4) is 0 Å². The van der Waals surface area contributed by atoms with Crippen LogP contribution in [-0.4, -0.2) is 71.7 Å². The van der Waals surface area contributed by atoms with E-state index < -0.39 is 5.97 Å². The number of piperazine rings is 1. The second kappa shape index (κ2) is 10.7. The van der Waals surface area contributed by atoms with E-state index in [1.165, 1.54) is 24.0 Å². The van der Waals surface area contributed by atoms with Crippen molar-refractivity contribution in [1.29, 1.82) is 0 Å². The Morgan fingerprint density at radius 1 is 1.14 bits per heavy atom. The zero-order chi connectivity index (χ0) is 25.1. The van der Waals surface area contributed by atoms with Crippen LogP contribution in [0.5, 0.6) is 0 Å². The molecule has 0 saturated carbocycles. The van der Waals surface area contributed by atoms with E-state index in [1.54, 1.807) is 0 Å². The van der Waals surface area contributed by atoms with Crippen molar-refractivity contribution < 1.29 is 18.8 Å². The molecule has 1 fully saturated rings. The summed E-state index contributed by atoms with van der Waals surface area (Å²) >= 11 is 1.40. The summed E-state index contributed by atoms with van der Waals surface area (Å²) in [5.74, 6) is 0.604. The Bertz CT molecular complexity index is 1200. The Kier molecular flexibility index (Phi) is 7.63. The number of hydrogen-bond acceptors (Lipinski definition) is 9. The maximum atomic E-state index is 12.7. The van der Waals surface area contributed by atoms with E-state index in [4.69, 9.17) is 9.26 Å². The standard InChI is InChI=1S/C25H31N5O4S/c1-15-6-8-19(9-7-15)22-27-23(34-28-22)17(3)30-12-10-29(11-13-30)14-20(31)26-24-21(25(32)33-5)16(2)18(4)35-24/h6-9,17H,10-14H2,1-5H3,(H,26,31). The van der Waals surface area contributed by atoms with Crippen LogP contribution in [0.1, 0.15) is 45.2 Å². The number of methoxy groups -OCH3 is 1. The zero-order valence-electron chi connectivity index (χ0n) is 20.8. The van der Waals surface area contributed by atoms with Crippen molar-refractivity contribution in [2.24, 2.45) is 0 Å². The molecule has 1 atom stereocenters. The number of nitrogens with zero attached hydrogens (tertiary/aromatic N) is 4. The number of ether oxygens (including phenoxy) is 1. The number of amides is 1. The molecule has 186 valence electrons. The van der Waals surface area contributed by atoms with Gasteiger partial charge in [-0.05, 0) is 33.3 Å². The van der Waals surface area contributed by atoms with Gasteiger partial charge in [0.05, 0.1) is 25.3 Å². The van der Waals surface area contributed by atoms with Crippen LogP contribution in [-0.2, 0) is 9.53 Å². The molecule has 1 aliphatic rings. The molecule has 10 heteroatoms. The third kappa shape index (κ3) is 5.61. The van der Waals surface area contributed by atoms with Crippen LogP contribution in [0.4, 0.5) is 5.00 Å². The summed E-state index contributed by atoms with van der Waals surface area (Å²) in [5.41, 5.74) is 3.39. The first kappa shape index (κ1) is 25.0. The molecule has 9 nitrogen and oxygen atoms in total. The summed E-state index contributed by atoms with van der Waals surface area (Å²) < 4.78 is 10.4. The van der Waals surface area contributed by atoms with Gasteiger partial charge in [-0.2, -0.15) is 4.98 Å². The van der Waals surface area contributed by atoms with Gasteiger partial charge in [0.1, 0.15) is 5.00 Å². The fourth-order valence-corrected chi connectivity index (χ4v) is 5.19. The molecule has 1 aliphatic heterocycles. The van der Waals surface area contributed by atoms with Crippen molar-refractivity contribution in [2.75, 3.05) is 45.2 Å². The van der Waals surface area contributed by atoms with Crippen LogP contribution in [0.2, 0.25) is 0 Å². The summed E-state index contributed by atoms with van der Waals surface area (Å²) in [4.78, 5) is 34.8. The fraction of sp³-hybridized carbons (Fsp3) is 0.440. The molecule has 0 aliphatic carbocycles. The number of aryl methyl sites for hydroxylation is 2. The van der Waals surface area contributed by atoms with Gasteiger partial charge in [-0.3, -0.25) is 14.6 Å². The van der Waals surface area contributed by atoms with Crippen molar-refractivity contribution >= 4 is 28.2 Å². The number of nitrogens with one attached hydrogen (secondary N) is 1. The van der Waals surface area contributed by atoms with Gasteiger partial charge in [-0.1, -0.05) is 35.0 Å². The third-order valence-corrected chi connectivity index (χ3v) is 7.58. The Labute approximate surface area is 209 Å². The molecule has 2 aromatic heterocycles. The van der Waals surface area contributed by atoms with Gasteiger partial charge in [-0.25, -0.2) is 4.79 Å². The van der Waals surface area contributed by atoms with Crippen molar-refractivity contribution in [3.63, 3.8) is 0 Å². The number of benzene rings is 1. The van der Waals surface area contributed by atoms with E-state index >= 15 is 0 Å². The van der Waals surface area contributed by atoms with Crippen LogP contribution in [0.15, 0.2) is 28.8 Å². The number of anilines is 1. The summed E-state index contributed by atoms with van der Waals surface area (Å²) in [6.45, 7) is 11.2. The minimum atomic E-state index is -0.434. The van der Waals surface area contributed by atoms with E-state index in [-0.39, 0.29) is 18.5 Å². The third-order valence-electron chi connectivity index (χ3n) is 6.46. The summed E-state index contributed by atoms with van der Waals surface area (Å²) in [6.07, 6.45) is 0. The van der Waals surface area contributed by atoms with Gasteiger partial charge in [0.15, 0.2) is 0 Å². The number of thiophene rings is 1. The highest BCUT2D eigenvalue weighted by Gasteiger charge is 2.27. The quantitative estimate of drug-likeness (QED) is 0.492. The first-order valence-electron chi connectivity index (χ1n) is 11.6. The maximum absolute atomic E-state index is 12.7. The molecular formula is C25H31N5O4S. The molecule has 0 radical (unpaired) electrons. The number of rotatable bonds is 7. The number of carbonyl (C=O) groups is 2. The lowest BCUT2D eigenvalue weighted by atomic mass is 10.1. The van der Waals surface area contributed by atoms with E-state index in [1.807, 2.05) is 45.0 Å². The number of carbonyl (C=O) groups excluding carboxylic acids is 2. The summed E-state index contributed by atoms with van der Waals surface area (Å²) in [6, 6.07) is 8.02. The molecule has 35 heavy (non-hydrogen) atoms. The Morgan fingerprint density at radius 3 is 2.49 bits per heavy atom. The summed E-state index contributed by atoms with van der Waals surface area (Å²) in [7, 11) is 1.35. The Hall–Kier alpha value is -3.08. The molecule has 0 spiro atoms. The number of aromatic nitrogens is 2. The van der Waals surface area contributed by atoms with E-state index in [9.17, 15) is 9.59 Å². The average molecular weight is 498 g/mol. The van der Waals surface area contributed by atoms with E-state index in [0.29, 0.717) is 22.3 Å². The lowest BCUT2D eigenvalue weighted by Crippen LogP contribution is -2.49. The minimum Gasteiger partial charge on any atom is -0.465 e. The van der Waals surface area contributed by atoms with Gasteiger partial charge < -0.3 is 14.6 Å². The van der Waals surface area contributed by atoms with E-state index in [0.717, 1.165) is 42.2 Å². The van der Waals surface area contributed by atoms with E-state index in [2.05, 4.69) is 32.2 Å². The first-order valence-corrected chi connectivity index (χ1v) is 12.4. The number of esters is 1. The molecule has 1 saturated heterocycles. The average Bonchev–Trinajstić information content (AvgIpc) is 3.44. The van der Waals surface area contributed by atoms with Crippen molar-refractivity contribution in [2.45, 2.75) is 33.7 Å². The second-order valence-corrected chi connectivity index (χ2v) is 10.1. The van der Waals surface area contributed by atoms with Crippen LogP contribution >= 0.6 is 11.3 Å². The smallest absolute Gasteiger partial charge is 0.341 e. The Balaban J connectivity index is 1.31. The predicted octanol–water partition coefficient (Wildman–Crippen LogP) is 3.83. The van der Waals surface area contributed by atoms with Gasteiger partial charge in [0, 0.05) is 36.6 Å². The zero-order valence-corrected chi connectivity index (χ0v) is 21.6. The molecule has 1 amide bonds. The second-order valence-electron chi connectivity index (χ2n) is 8.84. The fourth-order valence-electron chi connectivity index (χ4n) is 4.12. The molecule has 4 rings (SSSR count). The molecular weight excluding hydrogens is 466 g/mol. The maximum Gasteiger partial charge on any atom is 0.341 e. The summed E-state index contributed by atoms with van der Waals surface area (Å²) in [5, 5.41) is 7.60. The highest BCUT2D eigenvalue weighted by Crippen LogP contribution is 2.33.